The molecule has 0 saturated carbocycles. The van der Waals surface area contributed by atoms with Crippen LogP contribution in [0.4, 0.5) is 14.5 Å². The Morgan fingerprint density at radius 1 is 1.07 bits per heavy atom. The van der Waals surface area contributed by atoms with Gasteiger partial charge in [0.2, 0.25) is 0 Å². The number of hydrogen-bond acceptors (Lipinski definition) is 4. The van der Waals surface area contributed by atoms with Gasteiger partial charge in [-0.05, 0) is 56.3 Å². The van der Waals surface area contributed by atoms with E-state index in [1.54, 1.807) is 12.1 Å². The van der Waals surface area contributed by atoms with Crippen molar-refractivity contribution < 1.29 is 22.0 Å². The second-order valence-electron chi connectivity index (χ2n) is 6.22. The van der Waals surface area contributed by atoms with Gasteiger partial charge in [-0.1, -0.05) is 12.1 Å². The second-order valence-corrected chi connectivity index (χ2v) is 7.87. The van der Waals surface area contributed by atoms with Gasteiger partial charge >= 0.3 is 0 Å². The number of amides is 1. The molecule has 6 nitrogen and oxygen atoms in total. The van der Waals surface area contributed by atoms with Crippen LogP contribution in [-0.4, -0.2) is 33.5 Å². The molecule has 1 heterocycles. The molecule has 0 aliphatic carbocycles. The number of hydrogen-bond donors (Lipinski definition) is 3. The summed E-state index contributed by atoms with van der Waals surface area (Å²) in [5.74, 6) is -2.39. The first-order valence-electron chi connectivity index (χ1n) is 8.45. The molecule has 0 aromatic heterocycles. The molecule has 1 saturated heterocycles. The minimum atomic E-state index is -4.41. The van der Waals surface area contributed by atoms with Crippen LogP contribution >= 0.6 is 0 Å². The molecule has 1 aliphatic rings. The van der Waals surface area contributed by atoms with Crippen LogP contribution in [0.1, 0.15) is 23.2 Å². The monoisotopic (exact) mass is 395 g/mol. The van der Waals surface area contributed by atoms with Crippen molar-refractivity contribution in [3.8, 4) is 0 Å². The van der Waals surface area contributed by atoms with Crippen molar-refractivity contribution in [3.63, 3.8) is 0 Å². The van der Waals surface area contributed by atoms with E-state index in [9.17, 15) is 22.0 Å². The predicted octanol–water partition coefficient (Wildman–Crippen LogP) is 2.25. The number of carbonyl (C=O) groups is 1. The van der Waals surface area contributed by atoms with Crippen LogP contribution in [0.15, 0.2) is 47.4 Å². The Balaban J connectivity index is 1.85. The molecule has 2 aromatic rings. The summed E-state index contributed by atoms with van der Waals surface area (Å²) in [7, 11) is -4.41. The first-order valence-corrected chi connectivity index (χ1v) is 9.93. The van der Waals surface area contributed by atoms with E-state index < -0.39 is 32.5 Å². The van der Waals surface area contributed by atoms with E-state index in [4.69, 9.17) is 0 Å². The third-order valence-electron chi connectivity index (χ3n) is 4.27. The molecule has 0 bridgehead atoms. The summed E-state index contributed by atoms with van der Waals surface area (Å²) >= 11 is 0. The summed E-state index contributed by atoms with van der Waals surface area (Å²) in [4.78, 5) is 11.8. The summed E-state index contributed by atoms with van der Waals surface area (Å²) in [5, 5.41) is 6.06. The van der Waals surface area contributed by atoms with Crippen molar-refractivity contribution >= 4 is 21.6 Å². The van der Waals surface area contributed by atoms with Gasteiger partial charge in [0.1, 0.15) is 16.5 Å². The lowest BCUT2D eigenvalue weighted by Crippen LogP contribution is -2.42. The number of piperidine rings is 1. The molecule has 1 fully saturated rings. The van der Waals surface area contributed by atoms with E-state index in [1.807, 2.05) is 0 Å². The maximum atomic E-state index is 13.9. The number of anilines is 1. The minimum absolute atomic E-state index is 0.00686. The SMILES string of the molecule is O=C(NC1CCNCC1)c1ccccc1NS(=O)(=O)c1cc(F)ccc1F. The minimum Gasteiger partial charge on any atom is -0.349 e. The quantitative estimate of drug-likeness (QED) is 0.725. The van der Waals surface area contributed by atoms with Gasteiger partial charge in [-0.3, -0.25) is 9.52 Å². The van der Waals surface area contributed by atoms with Gasteiger partial charge in [-0.15, -0.1) is 0 Å². The van der Waals surface area contributed by atoms with Gasteiger partial charge in [0, 0.05) is 6.04 Å². The van der Waals surface area contributed by atoms with Gasteiger partial charge in [0.25, 0.3) is 15.9 Å². The topological polar surface area (TPSA) is 87.3 Å². The van der Waals surface area contributed by atoms with Crippen molar-refractivity contribution in [2.24, 2.45) is 0 Å². The molecule has 1 aliphatic heterocycles. The zero-order valence-corrected chi connectivity index (χ0v) is 15.2. The van der Waals surface area contributed by atoms with E-state index in [0.717, 1.165) is 38.1 Å². The molecular weight excluding hydrogens is 376 g/mol. The maximum absolute atomic E-state index is 13.9. The zero-order chi connectivity index (χ0) is 19.4. The van der Waals surface area contributed by atoms with Crippen LogP contribution in [-0.2, 0) is 10.0 Å². The van der Waals surface area contributed by atoms with Crippen LogP contribution in [0.2, 0.25) is 0 Å². The number of halogens is 2. The highest BCUT2D eigenvalue weighted by Gasteiger charge is 2.23. The summed E-state index contributed by atoms with van der Waals surface area (Å²) in [6.45, 7) is 1.58. The molecule has 0 atom stereocenters. The van der Waals surface area contributed by atoms with Gasteiger partial charge < -0.3 is 10.6 Å². The lowest BCUT2D eigenvalue weighted by molar-refractivity contribution is 0.0930. The van der Waals surface area contributed by atoms with Crippen LogP contribution in [0.25, 0.3) is 0 Å². The van der Waals surface area contributed by atoms with Crippen LogP contribution in [0.5, 0.6) is 0 Å². The number of benzene rings is 2. The maximum Gasteiger partial charge on any atom is 0.264 e. The summed E-state index contributed by atoms with van der Waals surface area (Å²) in [5.41, 5.74) is 0.101. The lowest BCUT2D eigenvalue weighted by atomic mass is 10.1. The first-order chi connectivity index (χ1) is 12.9. The van der Waals surface area contributed by atoms with Crippen molar-refractivity contribution in [2.75, 3.05) is 17.8 Å². The highest BCUT2D eigenvalue weighted by molar-refractivity contribution is 7.92. The average Bonchev–Trinajstić information content (AvgIpc) is 2.64. The highest BCUT2D eigenvalue weighted by atomic mass is 32.2. The largest absolute Gasteiger partial charge is 0.349 e. The van der Waals surface area contributed by atoms with Crippen molar-refractivity contribution in [1.82, 2.24) is 10.6 Å². The van der Waals surface area contributed by atoms with E-state index >= 15 is 0 Å². The van der Waals surface area contributed by atoms with Crippen LogP contribution in [0.3, 0.4) is 0 Å². The van der Waals surface area contributed by atoms with Crippen molar-refractivity contribution in [1.29, 1.82) is 0 Å². The Morgan fingerprint density at radius 2 is 1.78 bits per heavy atom. The predicted molar refractivity (Wildman–Crippen MR) is 97.0 cm³/mol. The lowest BCUT2D eigenvalue weighted by Gasteiger charge is -2.24. The third-order valence-corrected chi connectivity index (χ3v) is 5.65. The summed E-state index contributed by atoms with van der Waals surface area (Å²) in [6, 6.07) is 8.15. The average molecular weight is 395 g/mol. The molecule has 9 heteroatoms. The molecule has 144 valence electrons. The second kappa shape index (κ2) is 8.01. The Labute approximate surface area is 156 Å². The normalized spacial score (nSPS) is 15.3. The first kappa shape index (κ1) is 19.2. The van der Waals surface area contributed by atoms with Crippen molar-refractivity contribution in [2.45, 2.75) is 23.8 Å². The number of nitrogens with one attached hydrogen (secondary N) is 3. The molecular formula is C18H19F2N3O3S. The summed E-state index contributed by atoms with van der Waals surface area (Å²) < 4.78 is 54.4. The number of rotatable bonds is 5. The van der Waals surface area contributed by atoms with Gasteiger partial charge in [-0.25, -0.2) is 17.2 Å². The number of para-hydroxylation sites is 1. The fourth-order valence-corrected chi connectivity index (χ4v) is 4.05. The van der Waals surface area contributed by atoms with Gasteiger partial charge in [0.15, 0.2) is 0 Å². The van der Waals surface area contributed by atoms with E-state index in [2.05, 4.69) is 15.4 Å². The van der Waals surface area contributed by atoms with E-state index in [-0.39, 0.29) is 17.3 Å². The molecule has 0 spiro atoms. The Bertz CT molecular complexity index is 945. The fourth-order valence-electron chi connectivity index (χ4n) is 2.88. The Kier molecular flexibility index (Phi) is 5.71. The molecule has 0 unspecified atom stereocenters. The Hall–Kier alpha value is -2.52. The molecule has 3 N–H and O–H groups in total. The third kappa shape index (κ3) is 4.61. The van der Waals surface area contributed by atoms with Gasteiger partial charge in [-0.2, -0.15) is 0 Å². The fraction of sp³-hybridized carbons (Fsp3) is 0.278. The highest BCUT2D eigenvalue weighted by Crippen LogP contribution is 2.23. The van der Waals surface area contributed by atoms with E-state index in [0.29, 0.717) is 6.07 Å². The van der Waals surface area contributed by atoms with Gasteiger partial charge in [0.05, 0.1) is 11.3 Å². The Morgan fingerprint density at radius 3 is 2.52 bits per heavy atom. The standard InChI is InChI=1S/C18H19F2N3O3S/c19-12-5-6-15(20)17(11-12)27(25,26)23-16-4-2-1-3-14(16)18(24)22-13-7-9-21-10-8-13/h1-6,11,13,21,23H,7-10H2,(H,22,24). The molecule has 3 rings (SSSR count). The van der Waals surface area contributed by atoms with Crippen LogP contribution < -0.4 is 15.4 Å². The zero-order valence-electron chi connectivity index (χ0n) is 14.3. The number of carbonyl (C=O) groups excluding carboxylic acids is 1. The van der Waals surface area contributed by atoms with Crippen molar-refractivity contribution in [3.05, 3.63) is 59.7 Å². The molecule has 27 heavy (non-hydrogen) atoms. The number of sulfonamides is 1. The molecule has 0 radical (unpaired) electrons. The van der Waals surface area contributed by atoms with Crippen LogP contribution in [0, 0.1) is 11.6 Å². The molecule has 2 aromatic carbocycles. The summed E-state index contributed by atoms with van der Waals surface area (Å²) in [6.07, 6.45) is 1.54. The molecule has 1 amide bonds. The van der Waals surface area contributed by atoms with E-state index in [1.165, 1.54) is 12.1 Å². The smallest absolute Gasteiger partial charge is 0.264 e.